The molecule has 19 heavy (non-hydrogen) atoms. The van der Waals surface area contributed by atoms with Crippen LogP contribution < -0.4 is 5.32 Å². The average Bonchev–Trinajstić information content (AvgIpc) is 2.34. The predicted octanol–water partition coefficient (Wildman–Crippen LogP) is 1.56. The SMILES string of the molecule is CCNC1CCN(C(=O)CCOCC(F)(F)F)CC1. The van der Waals surface area contributed by atoms with Crippen molar-refractivity contribution in [2.24, 2.45) is 0 Å². The highest BCUT2D eigenvalue weighted by molar-refractivity contribution is 5.76. The second-order valence-electron chi connectivity index (χ2n) is 4.63. The smallest absolute Gasteiger partial charge is 0.372 e. The first kappa shape index (κ1) is 16.2. The molecular weight excluding hydrogens is 261 g/mol. The Morgan fingerprint density at radius 1 is 1.37 bits per heavy atom. The standard InChI is InChI=1S/C12H21F3N2O2/c1-2-16-10-3-6-17(7-4-10)11(18)5-8-19-9-12(13,14)15/h10,16H,2-9H2,1H3. The molecule has 1 heterocycles. The van der Waals surface area contributed by atoms with Crippen molar-refractivity contribution in [3.8, 4) is 0 Å². The minimum Gasteiger partial charge on any atom is -0.372 e. The summed E-state index contributed by atoms with van der Waals surface area (Å²) in [5.41, 5.74) is 0. The Labute approximate surface area is 111 Å². The van der Waals surface area contributed by atoms with E-state index in [9.17, 15) is 18.0 Å². The predicted molar refractivity (Wildman–Crippen MR) is 64.8 cm³/mol. The number of hydrogen-bond donors (Lipinski definition) is 1. The number of piperidine rings is 1. The van der Waals surface area contributed by atoms with Crippen molar-refractivity contribution in [3.05, 3.63) is 0 Å². The van der Waals surface area contributed by atoms with Crippen molar-refractivity contribution in [1.29, 1.82) is 0 Å². The van der Waals surface area contributed by atoms with E-state index in [0.29, 0.717) is 19.1 Å². The third kappa shape index (κ3) is 6.77. The van der Waals surface area contributed by atoms with E-state index in [1.807, 2.05) is 6.92 Å². The van der Waals surface area contributed by atoms with E-state index in [4.69, 9.17) is 0 Å². The second kappa shape index (κ2) is 7.69. The van der Waals surface area contributed by atoms with Gasteiger partial charge in [0.2, 0.25) is 5.91 Å². The number of carbonyl (C=O) groups excluding carboxylic acids is 1. The summed E-state index contributed by atoms with van der Waals surface area (Å²) in [6.07, 6.45) is -2.53. The van der Waals surface area contributed by atoms with Crippen molar-refractivity contribution in [2.75, 3.05) is 32.8 Å². The van der Waals surface area contributed by atoms with Gasteiger partial charge in [-0.1, -0.05) is 6.92 Å². The summed E-state index contributed by atoms with van der Waals surface area (Å²) in [6.45, 7) is 2.80. The summed E-state index contributed by atoms with van der Waals surface area (Å²) in [5, 5.41) is 3.33. The van der Waals surface area contributed by atoms with Gasteiger partial charge in [0.05, 0.1) is 13.0 Å². The first-order valence-electron chi connectivity index (χ1n) is 6.58. The van der Waals surface area contributed by atoms with Crippen molar-refractivity contribution < 1.29 is 22.7 Å². The van der Waals surface area contributed by atoms with Crippen LogP contribution in [0, 0.1) is 0 Å². The van der Waals surface area contributed by atoms with Crippen LogP contribution in [0.3, 0.4) is 0 Å². The third-order valence-electron chi connectivity index (χ3n) is 3.07. The molecule has 0 aliphatic carbocycles. The van der Waals surface area contributed by atoms with Crippen LogP contribution in [0.2, 0.25) is 0 Å². The summed E-state index contributed by atoms with van der Waals surface area (Å²) in [4.78, 5) is 13.4. The van der Waals surface area contributed by atoms with E-state index >= 15 is 0 Å². The first-order chi connectivity index (χ1) is 8.92. The summed E-state index contributed by atoms with van der Waals surface area (Å²) in [6, 6.07) is 0.440. The largest absolute Gasteiger partial charge is 0.411 e. The quantitative estimate of drug-likeness (QED) is 0.752. The highest BCUT2D eigenvalue weighted by Gasteiger charge is 2.27. The van der Waals surface area contributed by atoms with Crippen molar-refractivity contribution >= 4 is 5.91 Å². The zero-order chi connectivity index (χ0) is 14.3. The van der Waals surface area contributed by atoms with Crippen molar-refractivity contribution in [1.82, 2.24) is 10.2 Å². The van der Waals surface area contributed by atoms with Gasteiger partial charge < -0.3 is 15.0 Å². The molecular formula is C12H21F3N2O2. The lowest BCUT2D eigenvalue weighted by molar-refractivity contribution is -0.175. The molecule has 7 heteroatoms. The van der Waals surface area contributed by atoms with Gasteiger partial charge in [0, 0.05) is 19.1 Å². The Hall–Kier alpha value is -0.820. The maximum absolute atomic E-state index is 11.8. The summed E-state index contributed by atoms with van der Waals surface area (Å²) in [5.74, 6) is -0.128. The molecule has 1 fully saturated rings. The Morgan fingerprint density at radius 3 is 2.53 bits per heavy atom. The molecule has 0 unspecified atom stereocenters. The maximum atomic E-state index is 11.8. The molecule has 0 radical (unpaired) electrons. The molecule has 1 amide bonds. The average molecular weight is 282 g/mol. The normalized spacial score (nSPS) is 17.8. The topological polar surface area (TPSA) is 41.6 Å². The number of nitrogens with one attached hydrogen (secondary N) is 1. The molecule has 0 aromatic heterocycles. The molecule has 4 nitrogen and oxygen atoms in total. The number of hydrogen-bond acceptors (Lipinski definition) is 3. The third-order valence-corrected chi connectivity index (χ3v) is 3.07. The zero-order valence-electron chi connectivity index (χ0n) is 11.1. The van der Waals surface area contributed by atoms with Gasteiger partial charge in [-0.2, -0.15) is 13.2 Å². The fourth-order valence-electron chi connectivity index (χ4n) is 2.13. The molecule has 0 spiro atoms. The lowest BCUT2D eigenvalue weighted by Crippen LogP contribution is -2.45. The lowest BCUT2D eigenvalue weighted by Gasteiger charge is -2.32. The van der Waals surface area contributed by atoms with Gasteiger partial charge in [-0.05, 0) is 19.4 Å². The molecule has 1 saturated heterocycles. The minimum atomic E-state index is -4.33. The minimum absolute atomic E-state index is 0.0158. The molecule has 112 valence electrons. The number of alkyl halides is 3. The van der Waals surface area contributed by atoms with Gasteiger partial charge >= 0.3 is 6.18 Å². The van der Waals surface area contributed by atoms with Crippen LogP contribution in [0.15, 0.2) is 0 Å². The summed E-state index contributed by atoms with van der Waals surface area (Å²) < 4.78 is 39.9. The number of amides is 1. The highest BCUT2D eigenvalue weighted by atomic mass is 19.4. The second-order valence-corrected chi connectivity index (χ2v) is 4.63. The van der Waals surface area contributed by atoms with Gasteiger partial charge in [-0.15, -0.1) is 0 Å². The molecule has 1 rings (SSSR count). The number of ether oxygens (including phenoxy) is 1. The van der Waals surface area contributed by atoms with E-state index in [2.05, 4.69) is 10.1 Å². The Kier molecular flexibility index (Phi) is 6.57. The Bertz CT molecular complexity index is 277. The maximum Gasteiger partial charge on any atom is 0.411 e. The van der Waals surface area contributed by atoms with Gasteiger partial charge in [-0.25, -0.2) is 0 Å². The van der Waals surface area contributed by atoms with Crippen LogP contribution in [-0.4, -0.2) is 55.9 Å². The summed E-state index contributed by atoms with van der Waals surface area (Å²) >= 11 is 0. The molecule has 1 aliphatic heterocycles. The van der Waals surface area contributed by atoms with Crippen LogP contribution in [0.5, 0.6) is 0 Å². The fraction of sp³-hybridized carbons (Fsp3) is 0.917. The monoisotopic (exact) mass is 282 g/mol. The number of likely N-dealkylation sites (tertiary alicyclic amines) is 1. The van der Waals surface area contributed by atoms with E-state index in [1.165, 1.54) is 0 Å². The van der Waals surface area contributed by atoms with Gasteiger partial charge in [0.1, 0.15) is 6.61 Å². The molecule has 0 aromatic rings. The molecule has 0 bridgehead atoms. The van der Waals surface area contributed by atoms with E-state index < -0.39 is 12.8 Å². The van der Waals surface area contributed by atoms with E-state index in [0.717, 1.165) is 19.4 Å². The molecule has 1 N–H and O–H groups in total. The Morgan fingerprint density at radius 2 is 2.00 bits per heavy atom. The van der Waals surface area contributed by atoms with Crippen molar-refractivity contribution in [3.63, 3.8) is 0 Å². The van der Waals surface area contributed by atoms with Gasteiger partial charge in [0.15, 0.2) is 0 Å². The highest BCUT2D eigenvalue weighted by Crippen LogP contribution is 2.15. The number of carbonyl (C=O) groups is 1. The Balaban J connectivity index is 2.14. The van der Waals surface area contributed by atoms with E-state index in [1.54, 1.807) is 4.90 Å². The number of nitrogens with zero attached hydrogens (tertiary/aromatic N) is 1. The molecule has 0 saturated carbocycles. The van der Waals surface area contributed by atoms with Crippen molar-refractivity contribution in [2.45, 2.75) is 38.4 Å². The fourth-order valence-corrected chi connectivity index (χ4v) is 2.13. The molecule has 0 aromatic carbocycles. The van der Waals surface area contributed by atoms with E-state index in [-0.39, 0.29) is 18.9 Å². The van der Waals surface area contributed by atoms with Gasteiger partial charge in [-0.3, -0.25) is 4.79 Å². The van der Waals surface area contributed by atoms with Gasteiger partial charge in [0.25, 0.3) is 0 Å². The van der Waals surface area contributed by atoms with Crippen LogP contribution in [0.1, 0.15) is 26.2 Å². The molecule has 1 aliphatic rings. The first-order valence-corrected chi connectivity index (χ1v) is 6.58. The summed E-state index contributed by atoms with van der Waals surface area (Å²) in [7, 11) is 0. The van der Waals surface area contributed by atoms with Crippen LogP contribution in [0.25, 0.3) is 0 Å². The molecule has 0 atom stereocenters. The number of halogens is 3. The lowest BCUT2D eigenvalue weighted by atomic mass is 10.0. The van der Waals surface area contributed by atoms with Crippen LogP contribution >= 0.6 is 0 Å². The van der Waals surface area contributed by atoms with Crippen LogP contribution in [0.4, 0.5) is 13.2 Å². The zero-order valence-corrected chi connectivity index (χ0v) is 11.1. The number of rotatable bonds is 6. The van der Waals surface area contributed by atoms with Crippen LogP contribution in [-0.2, 0) is 9.53 Å².